The molecule has 0 radical (unpaired) electrons. The summed E-state index contributed by atoms with van der Waals surface area (Å²) in [7, 11) is 0. The van der Waals surface area contributed by atoms with Gasteiger partial charge in [-0.05, 0) is 44.2 Å². The Bertz CT molecular complexity index is 390. The van der Waals surface area contributed by atoms with Gasteiger partial charge in [-0.15, -0.1) is 0 Å². The molecule has 3 nitrogen and oxygen atoms in total. The van der Waals surface area contributed by atoms with Gasteiger partial charge in [0.25, 0.3) is 0 Å². The van der Waals surface area contributed by atoms with E-state index < -0.39 is 0 Å². The van der Waals surface area contributed by atoms with Crippen LogP contribution in [0, 0.1) is 5.82 Å². The normalized spacial score (nSPS) is 20.7. The maximum atomic E-state index is 13.7. The van der Waals surface area contributed by atoms with Crippen LogP contribution in [0.25, 0.3) is 0 Å². The molecule has 19 heavy (non-hydrogen) atoms. The topological polar surface area (TPSA) is 47.3 Å². The second-order valence-electron chi connectivity index (χ2n) is 4.98. The first-order valence-electron chi connectivity index (χ1n) is 6.71. The van der Waals surface area contributed by atoms with E-state index in [0.29, 0.717) is 23.1 Å². The predicted molar refractivity (Wildman–Crippen MR) is 74.4 cm³/mol. The van der Waals surface area contributed by atoms with Crippen molar-refractivity contribution in [2.24, 2.45) is 5.84 Å². The molecule has 2 unspecified atom stereocenters. The number of nitrogens with two attached hydrogens (primary N) is 1. The fraction of sp³-hybridized carbons (Fsp3) is 0.571. The third kappa shape index (κ3) is 4.14. The summed E-state index contributed by atoms with van der Waals surface area (Å²) in [5.74, 6) is 5.28. The standard InChI is InChI=1S/C14H20ClFN2O/c15-13-4-1-5-14(16)12(13)9-10(18-17)6-7-11-3-2-8-19-11/h1,4-5,10-11,18H,2-3,6-9,17H2. The maximum Gasteiger partial charge on any atom is 0.127 e. The minimum Gasteiger partial charge on any atom is -0.378 e. The number of halogens is 2. The van der Waals surface area contributed by atoms with Crippen molar-refractivity contribution in [1.82, 2.24) is 5.43 Å². The molecule has 1 aromatic carbocycles. The van der Waals surface area contributed by atoms with Crippen LogP contribution in [0.4, 0.5) is 4.39 Å². The molecule has 0 bridgehead atoms. The summed E-state index contributed by atoms with van der Waals surface area (Å²) in [6.45, 7) is 0.852. The van der Waals surface area contributed by atoms with Crippen molar-refractivity contribution in [1.29, 1.82) is 0 Å². The number of benzene rings is 1. The fourth-order valence-corrected chi connectivity index (χ4v) is 2.72. The van der Waals surface area contributed by atoms with Gasteiger partial charge in [0, 0.05) is 23.2 Å². The van der Waals surface area contributed by atoms with E-state index in [0.717, 1.165) is 32.3 Å². The highest BCUT2D eigenvalue weighted by molar-refractivity contribution is 6.31. The Morgan fingerprint density at radius 2 is 2.37 bits per heavy atom. The molecule has 2 rings (SSSR count). The minimum atomic E-state index is -0.273. The van der Waals surface area contributed by atoms with Gasteiger partial charge in [-0.2, -0.15) is 0 Å². The second kappa shape index (κ2) is 7.20. The van der Waals surface area contributed by atoms with Gasteiger partial charge in [0.15, 0.2) is 0 Å². The summed E-state index contributed by atoms with van der Waals surface area (Å²) >= 11 is 6.02. The highest BCUT2D eigenvalue weighted by Crippen LogP contribution is 2.23. The van der Waals surface area contributed by atoms with E-state index in [2.05, 4.69) is 5.43 Å². The third-order valence-electron chi connectivity index (χ3n) is 3.61. The summed E-state index contributed by atoms with van der Waals surface area (Å²) in [6, 6.07) is 4.75. The summed E-state index contributed by atoms with van der Waals surface area (Å²) in [6.07, 6.45) is 4.86. The van der Waals surface area contributed by atoms with Gasteiger partial charge in [-0.25, -0.2) is 4.39 Å². The van der Waals surface area contributed by atoms with Crippen molar-refractivity contribution < 1.29 is 9.13 Å². The van der Waals surface area contributed by atoms with Crippen LogP contribution in [-0.4, -0.2) is 18.8 Å². The summed E-state index contributed by atoms with van der Waals surface area (Å²) in [5, 5.41) is 0.456. The first-order valence-corrected chi connectivity index (χ1v) is 7.09. The van der Waals surface area contributed by atoms with Gasteiger partial charge in [-0.3, -0.25) is 11.3 Å². The summed E-state index contributed by atoms with van der Waals surface area (Å²) < 4.78 is 19.3. The smallest absolute Gasteiger partial charge is 0.127 e. The predicted octanol–water partition coefficient (Wildman–Crippen LogP) is 2.81. The van der Waals surface area contributed by atoms with E-state index in [1.165, 1.54) is 6.07 Å². The summed E-state index contributed by atoms with van der Waals surface area (Å²) in [4.78, 5) is 0. The van der Waals surface area contributed by atoms with Crippen molar-refractivity contribution in [3.63, 3.8) is 0 Å². The zero-order valence-corrected chi connectivity index (χ0v) is 11.6. The van der Waals surface area contributed by atoms with Crippen molar-refractivity contribution in [3.05, 3.63) is 34.6 Å². The molecule has 3 N–H and O–H groups in total. The molecule has 0 aromatic heterocycles. The van der Waals surface area contributed by atoms with Crippen LogP contribution in [0.2, 0.25) is 5.02 Å². The van der Waals surface area contributed by atoms with E-state index in [-0.39, 0.29) is 11.9 Å². The van der Waals surface area contributed by atoms with Gasteiger partial charge in [0.2, 0.25) is 0 Å². The highest BCUT2D eigenvalue weighted by atomic mass is 35.5. The number of hydrazine groups is 1. The van der Waals surface area contributed by atoms with Crippen molar-refractivity contribution in [2.75, 3.05) is 6.61 Å². The number of hydrogen-bond acceptors (Lipinski definition) is 3. The average molecular weight is 287 g/mol. The van der Waals surface area contributed by atoms with Gasteiger partial charge in [0.05, 0.1) is 6.10 Å². The van der Waals surface area contributed by atoms with Gasteiger partial charge in [-0.1, -0.05) is 17.7 Å². The molecule has 0 spiro atoms. The Morgan fingerprint density at radius 3 is 3.00 bits per heavy atom. The maximum absolute atomic E-state index is 13.7. The van der Waals surface area contributed by atoms with Crippen molar-refractivity contribution in [3.8, 4) is 0 Å². The molecule has 1 aromatic rings. The van der Waals surface area contributed by atoms with Crippen molar-refractivity contribution >= 4 is 11.6 Å². The van der Waals surface area contributed by atoms with Crippen molar-refractivity contribution in [2.45, 2.75) is 44.2 Å². The van der Waals surface area contributed by atoms with Gasteiger partial charge < -0.3 is 4.74 Å². The first-order chi connectivity index (χ1) is 9.20. The number of ether oxygens (including phenoxy) is 1. The Morgan fingerprint density at radius 1 is 1.53 bits per heavy atom. The zero-order chi connectivity index (χ0) is 13.7. The molecule has 0 aliphatic carbocycles. The molecular formula is C14H20ClFN2O. The van der Waals surface area contributed by atoms with Crippen LogP contribution in [-0.2, 0) is 11.2 Å². The molecule has 0 saturated carbocycles. The molecule has 1 fully saturated rings. The number of rotatable bonds is 6. The lowest BCUT2D eigenvalue weighted by molar-refractivity contribution is 0.0995. The van der Waals surface area contributed by atoms with Crippen LogP contribution in [0.3, 0.4) is 0 Å². The van der Waals surface area contributed by atoms with E-state index in [1.807, 2.05) is 0 Å². The molecule has 1 aliphatic heterocycles. The molecule has 5 heteroatoms. The number of hydrogen-bond donors (Lipinski definition) is 2. The van der Waals surface area contributed by atoms with Crippen LogP contribution >= 0.6 is 11.6 Å². The average Bonchev–Trinajstić information content (AvgIpc) is 2.91. The van der Waals surface area contributed by atoms with Gasteiger partial charge >= 0.3 is 0 Å². The fourth-order valence-electron chi connectivity index (χ4n) is 2.48. The van der Waals surface area contributed by atoms with Crippen LogP contribution in [0.1, 0.15) is 31.2 Å². The third-order valence-corrected chi connectivity index (χ3v) is 3.96. The Kier molecular flexibility index (Phi) is 5.58. The van der Waals surface area contributed by atoms with E-state index in [4.69, 9.17) is 22.2 Å². The molecule has 1 saturated heterocycles. The largest absolute Gasteiger partial charge is 0.378 e. The van der Waals surface area contributed by atoms with Gasteiger partial charge in [0.1, 0.15) is 5.82 Å². The molecular weight excluding hydrogens is 267 g/mol. The first kappa shape index (κ1) is 14.7. The molecule has 1 aliphatic rings. The lowest BCUT2D eigenvalue weighted by Crippen LogP contribution is -2.37. The highest BCUT2D eigenvalue weighted by Gasteiger charge is 2.19. The van der Waals surface area contributed by atoms with E-state index >= 15 is 0 Å². The Labute approximate surface area is 118 Å². The Balaban J connectivity index is 1.90. The molecule has 0 amide bonds. The number of nitrogens with one attached hydrogen (secondary N) is 1. The summed E-state index contributed by atoms with van der Waals surface area (Å²) in [5.41, 5.74) is 3.28. The SMILES string of the molecule is NNC(CCC1CCCO1)Cc1c(F)cccc1Cl. The molecule has 106 valence electrons. The molecule has 1 heterocycles. The molecule has 2 atom stereocenters. The lowest BCUT2D eigenvalue weighted by Gasteiger charge is -2.19. The monoisotopic (exact) mass is 286 g/mol. The lowest BCUT2D eigenvalue weighted by atomic mass is 9.99. The second-order valence-corrected chi connectivity index (χ2v) is 5.39. The minimum absolute atomic E-state index is 0.0126. The zero-order valence-electron chi connectivity index (χ0n) is 10.9. The van der Waals surface area contributed by atoms with Crippen LogP contribution in [0.5, 0.6) is 0 Å². The van der Waals surface area contributed by atoms with Crippen LogP contribution < -0.4 is 11.3 Å². The van der Waals surface area contributed by atoms with Crippen LogP contribution in [0.15, 0.2) is 18.2 Å². The van der Waals surface area contributed by atoms with E-state index in [9.17, 15) is 4.39 Å². The Hall–Kier alpha value is -0.680. The quantitative estimate of drug-likeness (QED) is 0.624. The van der Waals surface area contributed by atoms with E-state index in [1.54, 1.807) is 12.1 Å².